The van der Waals surface area contributed by atoms with E-state index in [2.05, 4.69) is 28.2 Å². The van der Waals surface area contributed by atoms with Gasteiger partial charge in [-0.15, -0.1) is 0 Å². The largest absolute Gasteiger partial charge is 0.491 e. The van der Waals surface area contributed by atoms with E-state index in [0.717, 1.165) is 33.3 Å². The zero-order valence-electron chi connectivity index (χ0n) is 10.8. The SMILES string of the molecule is CCOc1c(Br)cc(Cl)cc1NC(CC)C1CC1. The quantitative estimate of drug-likeness (QED) is 0.782. The number of hydrogen-bond acceptors (Lipinski definition) is 2. The van der Waals surface area contributed by atoms with Crippen LogP contribution in [0.3, 0.4) is 0 Å². The van der Waals surface area contributed by atoms with Gasteiger partial charge >= 0.3 is 0 Å². The third-order valence-electron chi connectivity index (χ3n) is 3.27. The van der Waals surface area contributed by atoms with E-state index < -0.39 is 0 Å². The summed E-state index contributed by atoms with van der Waals surface area (Å²) in [6.07, 6.45) is 3.79. The van der Waals surface area contributed by atoms with E-state index >= 15 is 0 Å². The highest BCUT2D eigenvalue weighted by molar-refractivity contribution is 9.10. The lowest BCUT2D eigenvalue weighted by molar-refractivity contribution is 0.339. The van der Waals surface area contributed by atoms with Crippen LogP contribution in [0.4, 0.5) is 5.69 Å². The Balaban J connectivity index is 2.23. The van der Waals surface area contributed by atoms with Crippen LogP contribution in [0, 0.1) is 5.92 Å². The molecule has 1 aliphatic rings. The van der Waals surface area contributed by atoms with E-state index in [-0.39, 0.29) is 0 Å². The lowest BCUT2D eigenvalue weighted by atomic mass is 10.1. The summed E-state index contributed by atoms with van der Waals surface area (Å²) < 4.78 is 6.61. The van der Waals surface area contributed by atoms with Crippen LogP contribution >= 0.6 is 27.5 Å². The van der Waals surface area contributed by atoms with Gasteiger partial charge in [0.15, 0.2) is 5.75 Å². The van der Waals surface area contributed by atoms with Crippen molar-refractivity contribution in [2.75, 3.05) is 11.9 Å². The average molecular weight is 333 g/mol. The van der Waals surface area contributed by atoms with Crippen LogP contribution < -0.4 is 10.1 Å². The lowest BCUT2D eigenvalue weighted by Gasteiger charge is -2.21. The van der Waals surface area contributed by atoms with Crippen LogP contribution in [0.5, 0.6) is 5.75 Å². The maximum absolute atomic E-state index is 6.12. The number of rotatable bonds is 6. The Hall–Kier alpha value is -0.410. The molecule has 0 aromatic heterocycles. The van der Waals surface area contributed by atoms with E-state index in [4.69, 9.17) is 16.3 Å². The summed E-state index contributed by atoms with van der Waals surface area (Å²) in [5.74, 6) is 1.67. The minimum absolute atomic E-state index is 0.523. The summed E-state index contributed by atoms with van der Waals surface area (Å²) in [6, 6.07) is 4.34. The zero-order chi connectivity index (χ0) is 13.1. The van der Waals surface area contributed by atoms with Crippen molar-refractivity contribution in [3.63, 3.8) is 0 Å². The maximum Gasteiger partial charge on any atom is 0.156 e. The molecule has 2 nitrogen and oxygen atoms in total. The molecule has 0 amide bonds. The standard InChI is InChI=1S/C14H19BrClNO/c1-3-12(9-5-6-9)17-13-8-10(16)7-11(15)14(13)18-4-2/h7-9,12,17H,3-6H2,1-2H3. The first kappa shape index (κ1) is 14.0. The Morgan fingerprint density at radius 2 is 2.17 bits per heavy atom. The molecular formula is C14H19BrClNO. The molecular weight excluding hydrogens is 314 g/mol. The predicted molar refractivity (Wildman–Crippen MR) is 80.7 cm³/mol. The fourth-order valence-electron chi connectivity index (χ4n) is 2.21. The fourth-order valence-corrected chi connectivity index (χ4v) is 3.13. The Morgan fingerprint density at radius 1 is 1.44 bits per heavy atom. The van der Waals surface area contributed by atoms with Crippen LogP contribution in [0.25, 0.3) is 0 Å². The molecule has 1 fully saturated rings. The fraction of sp³-hybridized carbons (Fsp3) is 0.571. The van der Waals surface area contributed by atoms with Gasteiger partial charge < -0.3 is 10.1 Å². The predicted octanol–water partition coefficient (Wildman–Crippen LogP) is 5.10. The van der Waals surface area contributed by atoms with Gasteiger partial charge in [-0.25, -0.2) is 0 Å². The highest BCUT2D eigenvalue weighted by Crippen LogP contribution is 2.40. The molecule has 1 aromatic rings. The maximum atomic E-state index is 6.12. The van der Waals surface area contributed by atoms with Gasteiger partial charge in [0.2, 0.25) is 0 Å². The molecule has 100 valence electrons. The van der Waals surface area contributed by atoms with Gasteiger partial charge in [0, 0.05) is 11.1 Å². The van der Waals surface area contributed by atoms with Crippen molar-refractivity contribution in [3.8, 4) is 5.75 Å². The highest BCUT2D eigenvalue weighted by Gasteiger charge is 2.30. The van der Waals surface area contributed by atoms with Crippen LogP contribution in [0.2, 0.25) is 5.02 Å². The van der Waals surface area contributed by atoms with E-state index in [1.54, 1.807) is 0 Å². The Kier molecular flexibility index (Phi) is 4.79. The first-order valence-corrected chi connectivity index (χ1v) is 7.71. The summed E-state index contributed by atoms with van der Waals surface area (Å²) in [4.78, 5) is 0. The van der Waals surface area contributed by atoms with Gasteiger partial charge in [-0.3, -0.25) is 0 Å². The van der Waals surface area contributed by atoms with Gasteiger partial charge in [-0.05, 0) is 60.2 Å². The second kappa shape index (κ2) is 6.16. The molecule has 0 radical (unpaired) electrons. The second-order valence-corrected chi connectivity index (χ2v) is 5.98. The van der Waals surface area contributed by atoms with Gasteiger partial charge in [-0.1, -0.05) is 18.5 Å². The number of nitrogens with one attached hydrogen (secondary N) is 1. The molecule has 1 unspecified atom stereocenters. The van der Waals surface area contributed by atoms with Crippen molar-refractivity contribution in [3.05, 3.63) is 21.6 Å². The Labute approximate surface area is 122 Å². The van der Waals surface area contributed by atoms with Crippen molar-refractivity contribution in [1.29, 1.82) is 0 Å². The van der Waals surface area contributed by atoms with Crippen molar-refractivity contribution < 1.29 is 4.74 Å². The summed E-state index contributed by atoms with van der Waals surface area (Å²) in [6.45, 7) is 4.86. The van der Waals surface area contributed by atoms with Gasteiger partial charge in [-0.2, -0.15) is 0 Å². The molecule has 0 saturated heterocycles. The van der Waals surface area contributed by atoms with Gasteiger partial charge in [0.25, 0.3) is 0 Å². The van der Waals surface area contributed by atoms with E-state index in [1.807, 2.05) is 19.1 Å². The van der Waals surface area contributed by atoms with E-state index in [1.165, 1.54) is 12.8 Å². The average Bonchev–Trinajstić information content (AvgIpc) is 3.14. The van der Waals surface area contributed by atoms with Gasteiger partial charge in [0.05, 0.1) is 16.8 Å². The van der Waals surface area contributed by atoms with Crippen molar-refractivity contribution >= 4 is 33.2 Å². The Morgan fingerprint density at radius 3 is 2.72 bits per heavy atom. The van der Waals surface area contributed by atoms with Crippen LogP contribution in [0.1, 0.15) is 33.1 Å². The zero-order valence-corrected chi connectivity index (χ0v) is 13.1. The van der Waals surface area contributed by atoms with Crippen molar-refractivity contribution in [1.82, 2.24) is 0 Å². The summed E-state index contributed by atoms with van der Waals surface area (Å²) in [7, 11) is 0. The van der Waals surface area contributed by atoms with Crippen LogP contribution in [-0.2, 0) is 0 Å². The van der Waals surface area contributed by atoms with Crippen molar-refractivity contribution in [2.24, 2.45) is 5.92 Å². The molecule has 0 heterocycles. The molecule has 0 aliphatic heterocycles. The molecule has 0 bridgehead atoms. The molecule has 4 heteroatoms. The van der Waals surface area contributed by atoms with Crippen molar-refractivity contribution in [2.45, 2.75) is 39.2 Å². The normalized spacial score (nSPS) is 16.4. The number of hydrogen-bond donors (Lipinski definition) is 1. The lowest BCUT2D eigenvalue weighted by Crippen LogP contribution is -2.21. The smallest absolute Gasteiger partial charge is 0.156 e. The molecule has 1 atom stereocenters. The molecule has 1 aromatic carbocycles. The molecule has 0 spiro atoms. The van der Waals surface area contributed by atoms with E-state index in [0.29, 0.717) is 12.6 Å². The number of ether oxygens (including phenoxy) is 1. The minimum atomic E-state index is 0.523. The number of benzene rings is 1. The number of anilines is 1. The second-order valence-electron chi connectivity index (χ2n) is 4.69. The summed E-state index contributed by atoms with van der Waals surface area (Å²) in [5, 5.41) is 4.31. The first-order chi connectivity index (χ1) is 8.65. The number of halogens is 2. The third-order valence-corrected chi connectivity index (χ3v) is 4.08. The monoisotopic (exact) mass is 331 g/mol. The molecule has 1 saturated carbocycles. The summed E-state index contributed by atoms with van der Waals surface area (Å²) >= 11 is 9.63. The third kappa shape index (κ3) is 3.33. The van der Waals surface area contributed by atoms with Crippen LogP contribution in [0.15, 0.2) is 16.6 Å². The van der Waals surface area contributed by atoms with E-state index in [9.17, 15) is 0 Å². The topological polar surface area (TPSA) is 21.3 Å². The van der Waals surface area contributed by atoms with Gasteiger partial charge in [0.1, 0.15) is 0 Å². The molecule has 1 N–H and O–H groups in total. The molecule has 2 rings (SSSR count). The molecule has 18 heavy (non-hydrogen) atoms. The Bertz CT molecular complexity index is 421. The molecule has 1 aliphatic carbocycles. The summed E-state index contributed by atoms with van der Waals surface area (Å²) in [5.41, 5.74) is 0.995. The first-order valence-electron chi connectivity index (χ1n) is 6.54. The van der Waals surface area contributed by atoms with Crippen LogP contribution in [-0.4, -0.2) is 12.6 Å². The minimum Gasteiger partial charge on any atom is -0.491 e. The highest BCUT2D eigenvalue weighted by atomic mass is 79.9.